The van der Waals surface area contributed by atoms with Crippen LogP contribution in [-0.2, 0) is 0 Å². The minimum atomic E-state index is 0.728. The van der Waals surface area contributed by atoms with Crippen molar-refractivity contribution >= 4 is 0 Å². The predicted molar refractivity (Wildman–Crippen MR) is 66.7 cm³/mol. The van der Waals surface area contributed by atoms with Crippen molar-refractivity contribution in [1.82, 2.24) is 10.3 Å². The number of rotatable bonds is 8. The Labute approximate surface area is 98.2 Å². The zero-order valence-electron chi connectivity index (χ0n) is 10.3. The second-order valence-corrected chi connectivity index (χ2v) is 4.34. The molecular weight excluding hydrogens is 200 g/mol. The van der Waals surface area contributed by atoms with E-state index in [0.29, 0.717) is 0 Å². The highest BCUT2D eigenvalue weighted by molar-refractivity contribution is 5.15. The van der Waals surface area contributed by atoms with Gasteiger partial charge in [-0.25, -0.2) is 0 Å². The van der Waals surface area contributed by atoms with Crippen molar-refractivity contribution < 1.29 is 4.74 Å². The van der Waals surface area contributed by atoms with Crippen molar-refractivity contribution in [3.63, 3.8) is 0 Å². The first kappa shape index (κ1) is 13.0. The van der Waals surface area contributed by atoms with E-state index in [1.807, 2.05) is 12.1 Å². The molecule has 1 aromatic rings. The topological polar surface area (TPSA) is 34.1 Å². The minimum Gasteiger partial charge on any atom is -0.492 e. The maximum absolute atomic E-state index is 5.54. The molecule has 0 saturated heterocycles. The van der Waals surface area contributed by atoms with Crippen LogP contribution in [0.4, 0.5) is 0 Å². The molecule has 0 aliphatic rings. The second kappa shape index (κ2) is 8.11. The van der Waals surface area contributed by atoms with Crippen LogP contribution in [0.5, 0.6) is 5.75 Å². The molecule has 1 aromatic heterocycles. The Balaban J connectivity index is 1.93. The number of hydrogen-bond donors (Lipinski definition) is 1. The van der Waals surface area contributed by atoms with Crippen molar-refractivity contribution in [2.45, 2.75) is 26.7 Å². The molecule has 0 fully saturated rings. The molecule has 0 spiro atoms. The second-order valence-electron chi connectivity index (χ2n) is 4.34. The molecule has 1 heterocycles. The van der Waals surface area contributed by atoms with Gasteiger partial charge in [0, 0.05) is 6.20 Å². The molecule has 0 amide bonds. The van der Waals surface area contributed by atoms with Gasteiger partial charge in [0.1, 0.15) is 5.75 Å². The SMILES string of the molecule is CC(C)CNCCCCOc1cccnc1. The van der Waals surface area contributed by atoms with E-state index in [1.165, 1.54) is 0 Å². The number of ether oxygens (including phenoxy) is 1. The number of nitrogens with zero attached hydrogens (tertiary/aromatic N) is 1. The van der Waals surface area contributed by atoms with Gasteiger partial charge in [-0.15, -0.1) is 0 Å². The third-order valence-electron chi connectivity index (χ3n) is 2.20. The number of pyridine rings is 1. The summed E-state index contributed by atoms with van der Waals surface area (Å²) in [6, 6.07) is 3.82. The van der Waals surface area contributed by atoms with Crippen molar-refractivity contribution in [2.75, 3.05) is 19.7 Å². The summed E-state index contributed by atoms with van der Waals surface area (Å²) in [6.45, 7) is 7.39. The van der Waals surface area contributed by atoms with Crippen molar-refractivity contribution in [1.29, 1.82) is 0 Å². The predicted octanol–water partition coefficient (Wildman–Crippen LogP) is 2.49. The Bertz CT molecular complexity index is 262. The summed E-state index contributed by atoms with van der Waals surface area (Å²) in [6.07, 6.45) is 5.74. The van der Waals surface area contributed by atoms with Gasteiger partial charge >= 0.3 is 0 Å². The minimum absolute atomic E-state index is 0.728. The van der Waals surface area contributed by atoms with Crippen LogP contribution in [0.2, 0.25) is 0 Å². The van der Waals surface area contributed by atoms with E-state index >= 15 is 0 Å². The highest BCUT2D eigenvalue weighted by Gasteiger charge is 1.94. The van der Waals surface area contributed by atoms with Crippen LogP contribution in [-0.4, -0.2) is 24.7 Å². The zero-order valence-corrected chi connectivity index (χ0v) is 10.3. The molecule has 0 unspecified atom stereocenters. The van der Waals surface area contributed by atoms with Gasteiger partial charge in [0.15, 0.2) is 0 Å². The lowest BCUT2D eigenvalue weighted by atomic mass is 10.2. The maximum Gasteiger partial charge on any atom is 0.137 e. The number of unbranched alkanes of at least 4 members (excludes halogenated alkanes) is 1. The Morgan fingerprint density at radius 1 is 1.38 bits per heavy atom. The van der Waals surface area contributed by atoms with Crippen LogP contribution in [0, 0.1) is 5.92 Å². The molecule has 0 atom stereocenters. The molecule has 16 heavy (non-hydrogen) atoms. The van der Waals surface area contributed by atoms with E-state index < -0.39 is 0 Å². The third-order valence-corrected chi connectivity index (χ3v) is 2.20. The molecule has 90 valence electrons. The van der Waals surface area contributed by atoms with Crippen molar-refractivity contribution in [3.05, 3.63) is 24.5 Å². The molecule has 1 N–H and O–H groups in total. The molecular formula is C13H22N2O. The van der Waals surface area contributed by atoms with Gasteiger partial charge in [0.05, 0.1) is 12.8 Å². The van der Waals surface area contributed by atoms with Gasteiger partial charge in [-0.2, -0.15) is 0 Å². The fourth-order valence-corrected chi connectivity index (χ4v) is 1.37. The summed E-state index contributed by atoms with van der Waals surface area (Å²) in [7, 11) is 0. The number of nitrogens with one attached hydrogen (secondary N) is 1. The molecule has 0 radical (unpaired) electrons. The molecule has 0 aliphatic heterocycles. The fourth-order valence-electron chi connectivity index (χ4n) is 1.37. The largest absolute Gasteiger partial charge is 0.492 e. The summed E-state index contributed by atoms with van der Waals surface area (Å²) < 4.78 is 5.54. The molecule has 0 aromatic carbocycles. The first-order valence-corrected chi connectivity index (χ1v) is 6.02. The van der Waals surface area contributed by atoms with E-state index in [0.717, 1.165) is 44.2 Å². The van der Waals surface area contributed by atoms with Crippen LogP contribution in [0.3, 0.4) is 0 Å². The third kappa shape index (κ3) is 6.40. The summed E-state index contributed by atoms with van der Waals surface area (Å²) in [4.78, 5) is 4.00. The lowest BCUT2D eigenvalue weighted by Gasteiger charge is -2.08. The Morgan fingerprint density at radius 2 is 2.25 bits per heavy atom. The Kier molecular flexibility index (Phi) is 6.58. The van der Waals surface area contributed by atoms with Gasteiger partial charge in [-0.05, 0) is 44.0 Å². The van der Waals surface area contributed by atoms with Gasteiger partial charge < -0.3 is 10.1 Å². The van der Waals surface area contributed by atoms with Crippen LogP contribution in [0.1, 0.15) is 26.7 Å². The average molecular weight is 222 g/mol. The van der Waals surface area contributed by atoms with Crippen LogP contribution in [0.25, 0.3) is 0 Å². The van der Waals surface area contributed by atoms with Crippen LogP contribution < -0.4 is 10.1 Å². The van der Waals surface area contributed by atoms with E-state index in [4.69, 9.17) is 4.74 Å². The maximum atomic E-state index is 5.54. The van der Waals surface area contributed by atoms with Crippen LogP contribution in [0.15, 0.2) is 24.5 Å². The molecule has 0 aliphatic carbocycles. The standard InChI is InChI=1S/C13H22N2O/c1-12(2)10-14-7-3-4-9-16-13-6-5-8-15-11-13/h5-6,8,11-12,14H,3-4,7,9-10H2,1-2H3. The average Bonchev–Trinajstić information content (AvgIpc) is 2.29. The molecule has 0 saturated carbocycles. The smallest absolute Gasteiger partial charge is 0.137 e. The summed E-state index contributed by atoms with van der Waals surface area (Å²) in [5.74, 6) is 1.59. The van der Waals surface area contributed by atoms with E-state index in [9.17, 15) is 0 Å². The quantitative estimate of drug-likeness (QED) is 0.686. The monoisotopic (exact) mass is 222 g/mol. The molecule has 3 nitrogen and oxygen atoms in total. The summed E-state index contributed by atoms with van der Waals surface area (Å²) in [5.41, 5.74) is 0. The number of aromatic nitrogens is 1. The molecule has 3 heteroatoms. The zero-order chi connectivity index (χ0) is 11.6. The van der Waals surface area contributed by atoms with Gasteiger partial charge in [-0.3, -0.25) is 4.98 Å². The van der Waals surface area contributed by atoms with Gasteiger partial charge in [-0.1, -0.05) is 13.8 Å². The van der Waals surface area contributed by atoms with Crippen molar-refractivity contribution in [3.8, 4) is 5.75 Å². The van der Waals surface area contributed by atoms with E-state index in [2.05, 4.69) is 24.1 Å². The lowest BCUT2D eigenvalue weighted by Crippen LogP contribution is -2.21. The van der Waals surface area contributed by atoms with Crippen LogP contribution >= 0.6 is 0 Å². The Hall–Kier alpha value is -1.09. The Morgan fingerprint density at radius 3 is 2.94 bits per heavy atom. The normalized spacial score (nSPS) is 10.7. The summed E-state index contributed by atoms with van der Waals surface area (Å²) in [5, 5.41) is 3.42. The van der Waals surface area contributed by atoms with Gasteiger partial charge in [0.2, 0.25) is 0 Å². The van der Waals surface area contributed by atoms with E-state index in [-0.39, 0.29) is 0 Å². The highest BCUT2D eigenvalue weighted by Crippen LogP contribution is 2.06. The number of hydrogen-bond acceptors (Lipinski definition) is 3. The van der Waals surface area contributed by atoms with Crippen molar-refractivity contribution in [2.24, 2.45) is 5.92 Å². The molecule has 1 rings (SSSR count). The lowest BCUT2D eigenvalue weighted by molar-refractivity contribution is 0.304. The van der Waals surface area contributed by atoms with Gasteiger partial charge in [0.25, 0.3) is 0 Å². The first-order valence-electron chi connectivity index (χ1n) is 6.02. The highest BCUT2D eigenvalue weighted by atomic mass is 16.5. The molecule has 0 bridgehead atoms. The summed E-state index contributed by atoms with van der Waals surface area (Å²) >= 11 is 0. The van der Waals surface area contributed by atoms with E-state index in [1.54, 1.807) is 12.4 Å². The first-order chi connectivity index (χ1) is 7.79. The fraction of sp³-hybridized carbons (Fsp3) is 0.615.